The maximum Gasteiger partial charge on any atom is 0.306 e. The molecule has 0 unspecified atom stereocenters. The minimum atomic E-state index is -3.97. The van der Waals surface area contributed by atoms with Crippen LogP contribution in [0.3, 0.4) is 0 Å². The monoisotopic (exact) mass is 917 g/mol. The highest BCUT2D eigenvalue weighted by Gasteiger charge is 2.62. The number of hydrogen-bond acceptors (Lipinski definition) is 11. The Hall–Kier alpha value is -4.04. The molecular formula is C51H72N4O9S. The zero-order valence-electron chi connectivity index (χ0n) is 39.6. The van der Waals surface area contributed by atoms with Gasteiger partial charge in [-0.05, 0) is 125 Å². The van der Waals surface area contributed by atoms with E-state index < -0.39 is 61.5 Å². The number of rotatable bonds is 13. The lowest BCUT2D eigenvalue weighted by molar-refractivity contribution is -0.154. The number of nitrogens with zero attached hydrogens (tertiary/aromatic N) is 3. The fourth-order valence-electron chi connectivity index (χ4n) is 10.5. The van der Waals surface area contributed by atoms with Gasteiger partial charge in [-0.15, -0.1) is 6.58 Å². The Morgan fingerprint density at radius 3 is 2.49 bits per heavy atom. The molecule has 6 aliphatic rings. The Labute approximate surface area is 386 Å². The first-order chi connectivity index (χ1) is 30.8. The van der Waals surface area contributed by atoms with Crippen molar-refractivity contribution in [2.24, 2.45) is 28.6 Å². The summed E-state index contributed by atoms with van der Waals surface area (Å²) in [5, 5.41) is 0.925. The minimum Gasteiger partial charge on any atom is -0.492 e. The van der Waals surface area contributed by atoms with E-state index >= 15 is 4.79 Å². The summed E-state index contributed by atoms with van der Waals surface area (Å²) in [6.45, 7) is 19.4. The van der Waals surface area contributed by atoms with Crippen LogP contribution in [0.4, 0.5) is 0 Å². The van der Waals surface area contributed by atoms with E-state index in [0.29, 0.717) is 37.7 Å². The summed E-state index contributed by atoms with van der Waals surface area (Å²) < 4.78 is 47.6. The molecule has 14 heteroatoms. The predicted octanol–water partition coefficient (Wildman–Crippen LogP) is 7.82. The highest BCUT2D eigenvalue weighted by Crippen LogP contribution is 2.57. The van der Waals surface area contributed by atoms with Crippen molar-refractivity contribution in [2.45, 2.75) is 167 Å². The van der Waals surface area contributed by atoms with Crippen molar-refractivity contribution < 1.29 is 41.8 Å². The van der Waals surface area contributed by atoms with Crippen molar-refractivity contribution in [3.8, 4) is 11.6 Å². The number of carbonyl (C=O) groups is 4. The Balaban J connectivity index is 1.15. The number of sulfonamides is 1. The predicted molar refractivity (Wildman–Crippen MR) is 249 cm³/mol. The van der Waals surface area contributed by atoms with E-state index in [1.807, 2.05) is 20.8 Å². The van der Waals surface area contributed by atoms with E-state index in [-0.39, 0.29) is 55.9 Å². The maximum atomic E-state index is 15.1. The molecule has 2 amide bonds. The number of hydrogen-bond donors (Lipinski definition) is 1. The number of allylic oxidation sites excluding steroid dienone is 1. The molecule has 1 aromatic heterocycles. The standard InChI is InChI=1S/C51H72N4O9S/c1-8-35-29-51(35,48(59)53-65(60,61)50(7)19-20-50)30-42(56)41-27-36-31-55(41)47(58)39(49(4,5)6)28-44(57)64-43-26-34(43)15-10-9-11-16-38-45(62-24-14-23-54-21-12-13-22-54)37-18-17-33(32(2)3)25-40(37)52-46(38)63-36/h8,17-18,25,32,34-36,39,41,43H,1,9-16,19-24,26-31H2,2-7H3,(H,53,59)/t34-,35-,36-,39-,41+,43-,51-/m1/s1. The molecule has 13 nitrogen and oxygen atoms in total. The average Bonchev–Trinajstić information content (AvgIpc) is 4.20. The largest absolute Gasteiger partial charge is 0.492 e. The van der Waals surface area contributed by atoms with E-state index in [0.717, 1.165) is 85.9 Å². The summed E-state index contributed by atoms with van der Waals surface area (Å²) in [4.78, 5) is 66.7. The fraction of sp³-hybridized carbons (Fsp3) is 0.706. The van der Waals surface area contributed by atoms with Crippen molar-refractivity contribution in [3.05, 3.63) is 42.0 Å². The lowest BCUT2D eigenvalue weighted by Crippen LogP contribution is -2.49. The summed E-state index contributed by atoms with van der Waals surface area (Å²) in [6.07, 6.45) is 10.2. The molecule has 1 aromatic carbocycles. The highest BCUT2D eigenvalue weighted by molar-refractivity contribution is 7.91. The number of benzene rings is 1. The third kappa shape index (κ3) is 10.3. The number of aromatic nitrogens is 1. The number of pyridine rings is 1. The molecule has 356 valence electrons. The van der Waals surface area contributed by atoms with Crippen molar-refractivity contribution in [1.82, 2.24) is 19.5 Å². The Morgan fingerprint density at radius 2 is 1.82 bits per heavy atom. The van der Waals surface area contributed by atoms with Gasteiger partial charge in [0.15, 0.2) is 5.78 Å². The second-order valence-corrected chi connectivity index (χ2v) is 24.1. The SMILES string of the molecule is C=C[C@@H]1C[C@]1(CC(=O)[C@@H]1C[C@@H]2CN1C(=O)[C@H](C(C)(C)C)CC(=O)O[C@@H]1C[C@H]1CCCCCc1c(nc3cc(C(C)C)ccc3c1OCCCN1CCCC1)O2)C(=O)NS(=O)(=O)C1(C)CC1. The number of likely N-dealkylation sites (tertiary alicyclic amines) is 1. The van der Waals surface area contributed by atoms with Crippen molar-refractivity contribution in [2.75, 3.05) is 32.8 Å². The van der Waals surface area contributed by atoms with E-state index in [2.05, 4.69) is 48.2 Å². The van der Waals surface area contributed by atoms with Gasteiger partial charge in [0.2, 0.25) is 27.7 Å². The third-order valence-electron chi connectivity index (χ3n) is 15.5. The van der Waals surface area contributed by atoms with Crippen LogP contribution in [0, 0.1) is 28.6 Å². The summed E-state index contributed by atoms with van der Waals surface area (Å²) in [6, 6.07) is 5.35. The first-order valence-electron chi connectivity index (χ1n) is 24.5. The quantitative estimate of drug-likeness (QED) is 0.119. The van der Waals surface area contributed by atoms with Crippen molar-refractivity contribution in [1.29, 1.82) is 0 Å². The van der Waals surface area contributed by atoms with Crippen LogP contribution in [0.1, 0.15) is 148 Å². The van der Waals surface area contributed by atoms with Crippen molar-refractivity contribution >= 4 is 44.5 Å². The molecule has 3 saturated carbocycles. The molecule has 5 fully saturated rings. The Morgan fingerprint density at radius 1 is 1.06 bits per heavy atom. The topological polar surface area (TPSA) is 162 Å². The average molecular weight is 917 g/mol. The van der Waals surface area contributed by atoms with Crippen LogP contribution in [0.15, 0.2) is 30.9 Å². The van der Waals surface area contributed by atoms with Crippen LogP contribution in [0.25, 0.3) is 10.9 Å². The number of Topliss-reactive ketones (excluding diaryl/α,β-unsaturated/α-hetero) is 1. The van der Waals surface area contributed by atoms with Crippen molar-refractivity contribution in [3.63, 3.8) is 0 Å². The van der Waals surface area contributed by atoms with Gasteiger partial charge in [-0.2, -0.15) is 0 Å². The summed E-state index contributed by atoms with van der Waals surface area (Å²) >= 11 is 0. The molecule has 7 atom stereocenters. The number of esters is 1. The maximum absolute atomic E-state index is 15.1. The molecule has 3 aliphatic heterocycles. The molecule has 2 bridgehead atoms. The zero-order chi connectivity index (χ0) is 46.5. The van der Waals surface area contributed by atoms with Crippen LogP contribution in [-0.2, 0) is 40.4 Å². The van der Waals surface area contributed by atoms with E-state index in [4.69, 9.17) is 19.2 Å². The molecule has 0 spiro atoms. The number of carbonyl (C=O) groups excluding carboxylic acids is 4. The second-order valence-electron chi connectivity index (χ2n) is 21.9. The molecule has 2 aromatic rings. The van der Waals surface area contributed by atoms with Crippen LogP contribution >= 0.6 is 0 Å². The van der Waals surface area contributed by atoms with Gasteiger partial charge >= 0.3 is 5.97 Å². The number of ether oxygens (including phenoxy) is 3. The Kier molecular flexibility index (Phi) is 13.6. The van der Waals surface area contributed by atoms with Gasteiger partial charge in [-0.25, -0.2) is 13.4 Å². The van der Waals surface area contributed by atoms with Crippen LogP contribution in [0.2, 0.25) is 0 Å². The molecule has 0 radical (unpaired) electrons. The molecular weight excluding hydrogens is 845 g/mol. The van der Waals surface area contributed by atoms with Gasteiger partial charge in [-0.1, -0.05) is 59.6 Å². The van der Waals surface area contributed by atoms with Gasteiger partial charge in [-0.3, -0.25) is 23.9 Å². The van der Waals surface area contributed by atoms with Gasteiger partial charge in [0.25, 0.3) is 0 Å². The number of nitrogens with one attached hydrogen (secondary N) is 1. The lowest BCUT2D eigenvalue weighted by atomic mass is 9.77. The first kappa shape index (κ1) is 47.5. The number of ketones is 1. The van der Waals surface area contributed by atoms with E-state index in [1.165, 1.54) is 12.8 Å². The Bertz CT molecular complexity index is 2280. The smallest absolute Gasteiger partial charge is 0.306 e. The summed E-state index contributed by atoms with van der Waals surface area (Å²) in [5.74, 6) is -1.33. The lowest BCUT2D eigenvalue weighted by Gasteiger charge is -2.34. The van der Waals surface area contributed by atoms with Crippen LogP contribution in [-0.4, -0.2) is 103 Å². The van der Waals surface area contributed by atoms with Gasteiger partial charge in [0.05, 0.1) is 52.8 Å². The number of amides is 2. The minimum absolute atomic E-state index is 0.0512. The molecule has 2 saturated heterocycles. The molecule has 3 aliphatic carbocycles. The normalized spacial score (nSPS) is 29.5. The molecule has 4 heterocycles. The zero-order valence-corrected chi connectivity index (χ0v) is 40.4. The first-order valence-corrected chi connectivity index (χ1v) is 26.0. The summed E-state index contributed by atoms with van der Waals surface area (Å²) in [7, 11) is -3.97. The van der Waals surface area contributed by atoms with Gasteiger partial charge in [0.1, 0.15) is 18.0 Å². The number of fused-ring (bicyclic) bond motifs is 5. The molecule has 65 heavy (non-hydrogen) atoms. The third-order valence-corrected chi connectivity index (χ3v) is 17.7. The van der Waals surface area contributed by atoms with E-state index in [1.54, 1.807) is 17.9 Å². The van der Waals surface area contributed by atoms with Crippen LogP contribution in [0.5, 0.6) is 11.6 Å². The molecule has 8 rings (SSSR count). The fourth-order valence-corrected chi connectivity index (χ4v) is 11.8. The van der Waals surface area contributed by atoms with Crippen LogP contribution < -0.4 is 14.2 Å². The second kappa shape index (κ2) is 18.6. The highest BCUT2D eigenvalue weighted by atomic mass is 32.2. The summed E-state index contributed by atoms with van der Waals surface area (Å²) in [5.41, 5.74) is 0.779. The van der Waals surface area contributed by atoms with Gasteiger partial charge in [0, 0.05) is 24.8 Å². The molecule has 1 N–H and O–H groups in total. The van der Waals surface area contributed by atoms with Gasteiger partial charge < -0.3 is 24.0 Å². The van der Waals surface area contributed by atoms with E-state index in [9.17, 15) is 22.8 Å².